The Kier molecular flexibility index (Phi) is 5.24. The quantitative estimate of drug-likeness (QED) is 0.849. The van der Waals surface area contributed by atoms with E-state index in [0.717, 1.165) is 10.9 Å². The number of nitrogens with one attached hydrogen (secondary N) is 1. The van der Waals surface area contributed by atoms with Crippen LogP contribution < -0.4 is 5.32 Å². The number of aliphatic carboxylic acids is 1. The number of likely N-dealkylation sites (tertiary alicyclic amines) is 1. The number of nitrogens with zero attached hydrogens (tertiary/aromatic N) is 1. The van der Waals surface area contributed by atoms with Crippen LogP contribution in [0.3, 0.4) is 0 Å². The molecule has 1 amide bonds. The van der Waals surface area contributed by atoms with Crippen molar-refractivity contribution in [3.8, 4) is 0 Å². The van der Waals surface area contributed by atoms with Crippen LogP contribution in [0.4, 0.5) is 5.69 Å². The molecule has 21 heavy (non-hydrogen) atoms. The lowest BCUT2D eigenvalue weighted by Crippen LogP contribution is -2.43. The van der Waals surface area contributed by atoms with E-state index in [1.807, 2.05) is 6.92 Å². The highest BCUT2D eigenvalue weighted by Crippen LogP contribution is 2.27. The van der Waals surface area contributed by atoms with Gasteiger partial charge in [0.2, 0.25) is 5.91 Å². The van der Waals surface area contributed by atoms with Gasteiger partial charge in [0, 0.05) is 4.47 Å². The van der Waals surface area contributed by atoms with E-state index in [2.05, 4.69) is 21.2 Å². The van der Waals surface area contributed by atoms with Crippen LogP contribution in [0.5, 0.6) is 0 Å². The van der Waals surface area contributed by atoms with Crippen LogP contribution >= 0.6 is 27.5 Å². The third kappa shape index (κ3) is 3.96. The van der Waals surface area contributed by atoms with Gasteiger partial charge in [-0.3, -0.25) is 14.5 Å². The molecule has 0 aliphatic carbocycles. The first-order valence-corrected chi connectivity index (χ1v) is 7.77. The molecule has 2 atom stereocenters. The van der Waals surface area contributed by atoms with Crippen LogP contribution in [-0.4, -0.2) is 41.0 Å². The molecule has 0 radical (unpaired) electrons. The Morgan fingerprint density at radius 3 is 2.86 bits per heavy atom. The van der Waals surface area contributed by atoms with Gasteiger partial charge in [0.15, 0.2) is 0 Å². The molecule has 0 aromatic heterocycles. The molecule has 1 aromatic rings. The first kappa shape index (κ1) is 16.3. The summed E-state index contributed by atoms with van der Waals surface area (Å²) in [7, 11) is 0. The molecule has 1 saturated heterocycles. The van der Waals surface area contributed by atoms with E-state index in [9.17, 15) is 14.7 Å². The number of rotatable bonds is 4. The molecule has 0 spiro atoms. The summed E-state index contributed by atoms with van der Waals surface area (Å²) in [5.74, 6) is -1.10. The summed E-state index contributed by atoms with van der Waals surface area (Å²) >= 11 is 9.33. The van der Waals surface area contributed by atoms with Crippen molar-refractivity contribution < 1.29 is 14.7 Å². The molecule has 0 bridgehead atoms. The number of benzene rings is 1. The average molecular weight is 376 g/mol. The predicted octanol–water partition coefficient (Wildman–Crippen LogP) is 2.84. The summed E-state index contributed by atoms with van der Waals surface area (Å²) in [6, 6.07) is 4.57. The fraction of sp³-hybridized carbons (Fsp3) is 0.429. The molecule has 1 heterocycles. The molecule has 1 aliphatic rings. The van der Waals surface area contributed by atoms with E-state index < -0.39 is 12.0 Å². The SMILES string of the molecule is CC1CCN(CC(=O)Nc2ccc(Br)cc2Cl)C1C(=O)O. The normalized spacial score (nSPS) is 22.2. The largest absolute Gasteiger partial charge is 0.480 e. The highest BCUT2D eigenvalue weighted by molar-refractivity contribution is 9.10. The molecule has 5 nitrogen and oxygen atoms in total. The van der Waals surface area contributed by atoms with Crippen molar-refractivity contribution in [1.29, 1.82) is 0 Å². The third-order valence-electron chi connectivity index (χ3n) is 3.61. The zero-order valence-electron chi connectivity index (χ0n) is 11.5. The number of halogens is 2. The predicted molar refractivity (Wildman–Crippen MR) is 84.6 cm³/mol. The Labute approximate surface area is 136 Å². The van der Waals surface area contributed by atoms with Gasteiger partial charge < -0.3 is 10.4 Å². The number of hydrogen-bond acceptors (Lipinski definition) is 3. The lowest BCUT2D eigenvalue weighted by molar-refractivity contribution is -0.143. The maximum absolute atomic E-state index is 12.1. The summed E-state index contributed by atoms with van der Waals surface area (Å²) < 4.78 is 0.824. The van der Waals surface area contributed by atoms with Crippen LogP contribution in [0, 0.1) is 5.92 Å². The maximum Gasteiger partial charge on any atom is 0.321 e. The highest BCUT2D eigenvalue weighted by atomic mass is 79.9. The molecular weight excluding hydrogens is 360 g/mol. The van der Waals surface area contributed by atoms with Crippen LogP contribution in [-0.2, 0) is 9.59 Å². The van der Waals surface area contributed by atoms with E-state index in [1.54, 1.807) is 23.1 Å². The molecule has 114 valence electrons. The average Bonchev–Trinajstić information content (AvgIpc) is 2.74. The lowest BCUT2D eigenvalue weighted by atomic mass is 10.0. The van der Waals surface area contributed by atoms with Gasteiger partial charge >= 0.3 is 5.97 Å². The molecule has 7 heteroatoms. The Bertz CT molecular complexity index is 567. The Morgan fingerprint density at radius 2 is 2.24 bits per heavy atom. The van der Waals surface area contributed by atoms with E-state index in [-0.39, 0.29) is 18.4 Å². The Hall–Kier alpha value is -1.11. The van der Waals surface area contributed by atoms with Crippen LogP contribution in [0.1, 0.15) is 13.3 Å². The second-order valence-corrected chi connectivity index (χ2v) is 6.51. The number of carbonyl (C=O) groups is 2. The van der Waals surface area contributed by atoms with Gasteiger partial charge in [-0.05, 0) is 37.1 Å². The van der Waals surface area contributed by atoms with E-state index in [4.69, 9.17) is 11.6 Å². The Morgan fingerprint density at radius 1 is 1.52 bits per heavy atom. The molecular formula is C14H16BrClN2O3. The summed E-state index contributed by atoms with van der Waals surface area (Å²) in [5.41, 5.74) is 0.518. The van der Waals surface area contributed by atoms with Crippen LogP contribution in [0.15, 0.2) is 22.7 Å². The summed E-state index contributed by atoms with van der Waals surface area (Å²) in [6.45, 7) is 2.55. The maximum atomic E-state index is 12.1. The van der Waals surface area contributed by atoms with Crippen molar-refractivity contribution in [3.05, 3.63) is 27.7 Å². The minimum absolute atomic E-state index is 0.0477. The van der Waals surface area contributed by atoms with Crippen LogP contribution in [0.25, 0.3) is 0 Å². The number of hydrogen-bond donors (Lipinski definition) is 2. The molecule has 0 saturated carbocycles. The molecule has 1 aliphatic heterocycles. The standard InChI is InChI=1S/C14H16BrClN2O3/c1-8-4-5-18(13(8)14(20)21)7-12(19)17-11-3-2-9(15)6-10(11)16/h2-3,6,8,13H,4-5,7H2,1H3,(H,17,19)(H,20,21). The van der Waals surface area contributed by atoms with Crippen molar-refractivity contribution in [3.63, 3.8) is 0 Å². The van der Waals surface area contributed by atoms with E-state index in [1.165, 1.54) is 0 Å². The van der Waals surface area contributed by atoms with E-state index >= 15 is 0 Å². The number of anilines is 1. The van der Waals surface area contributed by atoms with Gasteiger partial charge in [-0.1, -0.05) is 34.5 Å². The third-order valence-corrected chi connectivity index (χ3v) is 4.41. The fourth-order valence-corrected chi connectivity index (χ4v) is 3.29. The van der Waals surface area contributed by atoms with Crippen molar-refractivity contribution in [1.82, 2.24) is 4.90 Å². The molecule has 2 rings (SSSR count). The van der Waals surface area contributed by atoms with Crippen molar-refractivity contribution in [2.45, 2.75) is 19.4 Å². The zero-order chi connectivity index (χ0) is 15.6. The van der Waals surface area contributed by atoms with Gasteiger partial charge in [0.25, 0.3) is 0 Å². The summed E-state index contributed by atoms with van der Waals surface area (Å²) in [6.07, 6.45) is 0.781. The first-order valence-electron chi connectivity index (χ1n) is 6.60. The first-order chi connectivity index (χ1) is 9.88. The molecule has 1 aromatic carbocycles. The number of amides is 1. The second-order valence-electron chi connectivity index (χ2n) is 5.19. The Balaban J connectivity index is 2.00. The summed E-state index contributed by atoms with van der Waals surface area (Å²) in [5, 5.41) is 12.4. The van der Waals surface area contributed by atoms with Crippen molar-refractivity contribution >= 4 is 45.1 Å². The second kappa shape index (κ2) is 6.77. The van der Waals surface area contributed by atoms with E-state index in [0.29, 0.717) is 17.3 Å². The van der Waals surface area contributed by atoms with Crippen molar-refractivity contribution in [2.24, 2.45) is 5.92 Å². The van der Waals surface area contributed by atoms with Gasteiger partial charge in [-0.15, -0.1) is 0 Å². The number of carbonyl (C=O) groups excluding carboxylic acids is 1. The lowest BCUT2D eigenvalue weighted by Gasteiger charge is -2.22. The topological polar surface area (TPSA) is 69.6 Å². The minimum atomic E-state index is -0.880. The van der Waals surface area contributed by atoms with Gasteiger partial charge in [-0.2, -0.15) is 0 Å². The zero-order valence-corrected chi connectivity index (χ0v) is 13.8. The number of carboxylic acid groups (broad SMARTS) is 1. The highest BCUT2D eigenvalue weighted by Gasteiger charge is 2.37. The summed E-state index contributed by atoms with van der Waals surface area (Å²) in [4.78, 5) is 25.0. The molecule has 2 N–H and O–H groups in total. The number of carboxylic acids is 1. The monoisotopic (exact) mass is 374 g/mol. The smallest absolute Gasteiger partial charge is 0.321 e. The van der Waals surface area contributed by atoms with Gasteiger partial charge in [0.1, 0.15) is 6.04 Å². The fourth-order valence-electron chi connectivity index (χ4n) is 2.57. The minimum Gasteiger partial charge on any atom is -0.480 e. The van der Waals surface area contributed by atoms with Gasteiger partial charge in [0.05, 0.1) is 17.3 Å². The molecule has 2 unspecified atom stereocenters. The molecule has 1 fully saturated rings. The van der Waals surface area contributed by atoms with Crippen LogP contribution in [0.2, 0.25) is 5.02 Å². The van der Waals surface area contributed by atoms with Gasteiger partial charge in [-0.25, -0.2) is 0 Å². The van der Waals surface area contributed by atoms with Crippen molar-refractivity contribution in [2.75, 3.05) is 18.4 Å².